The molecule has 1 aromatic rings. The van der Waals surface area contributed by atoms with Gasteiger partial charge >= 0.3 is 0 Å². The van der Waals surface area contributed by atoms with Crippen LogP contribution in [-0.2, 0) is 22.6 Å². The number of hydrogen-bond donors (Lipinski definition) is 1. The van der Waals surface area contributed by atoms with Gasteiger partial charge in [0, 0.05) is 32.2 Å². The Hall–Kier alpha value is -1.88. The van der Waals surface area contributed by atoms with E-state index in [9.17, 15) is 9.59 Å². The number of amides is 2. The molecule has 1 saturated heterocycles. The molecule has 2 heterocycles. The van der Waals surface area contributed by atoms with Crippen LogP contribution < -0.4 is 5.32 Å². The number of rotatable bonds is 6. The first-order valence-corrected chi connectivity index (χ1v) is 10.9. The van der Waals surface area contributed by atoms with Gasteiger partial charge in [0.2, 0.25) is 11.8 Å². The minimum Gasteiger partial charge on any atom is -0.353 e. The highest BCUT2D eigenvalue weighted by Crippen LogP contribution is 2.23. The molecule has 0 saturated carbocycles. The van der Waals surface area contributed by atoms with Gasteiger partial charge in [0.1, 0.15) is 0 Å². The van der Waals surface area contributed by atoms with Crippen LogP contribution in [0.3, 0.4) is 0 Å². The zero-order valence-corrected chi connectivity index (χ0v) is 17.6. The van der Waals surface area contributed by atoms with Crippen molar-refractivity contribution in [2.24, 2.45) is 5.92 Å². The summed E-state index contributed by atoms with van der Waals surface area (Å²) >= 11 is 0. The molecule has 2 amide bonds. The summed E-state index contributed by atoms with van der Waals surface area (Å²) in [6.45, 7) is 9.27. The van der Waals surface area contributed by atoms with Gasteiger partial charge in [-0.25, -0.2) is 0 Å². The molecule has 3 unspecified atom stereocenters. The molecule has 2 aliphatic heterocycles. The van der Waals surface area contributed by atoms with Gasteiger partial charge in [-0.15, -0.1) is 0 Å². The van der Waals surface area contributed by atoms with Crippen molar-refractivity contribution in [3.05, 3.63) is 35.4 Å². The van der Waals surface area contributed by atoms with Crippen LogP contribution >= 0.6 is 0 Å². The van der Waals surface area contributed by atoms with E-state index in [-0.39, 0.29) is 29.8 Å². The maximum Gasteiger partial charge on any atom is 0.239 e. The number of benzene rings is 1. The van der Waals surface area contributed by atoms with Crippen molar-refractivity contribution >= 4 is 11.8 Å². The largest absolute Gasteiger partial charge is 0.353 e. The molecular formula is C23H35N3O2. The molecule has 0 spiro atoms. The van der Waals surface area contributed by atoms with Crippen LogP contribution in [0.4, 0.5) is 0 Å². The molecule has 0 bridgehead atoms. The van der Waals surface area contributed by atoms with Gasteiger partial charge in [0.25, 0.3) is 0 Å². The average Bonchev–Trinajstić information content (AvgIpc) is 2.72. The Labute approximate surface area is 169 Å². The van der Waals surface area contributed by atoms with E-state index in [0.29, 0.717) is 6.54 Å². The Morgan fingerprint density at radius 3 is 2.68 bits per heavy atom. The number of carbonyl (C=O) groups excluding carboxylic acids is 2. The van der Waals surface area contributed by atoms with Gasteiger partial charge in [-0.2, -0.15) is 0 Å². The predicted octanol–water partition coefficient (Wildman–Crippen LogP) is 2.98. The lowest BCUT2D eigenvalue weighted by atomic mass is 9.95. The Morgan fingerprint density at radius 2 is 1.93 bits per heavy atom. The molecule has 0 aliphatic carbocycles. The first kappa shape index (κ1) is 20.8. The normalized spacial score (nSPS) is 22.2. The van der Waals surface area contributed by atoms with E-state index in [0.717, 1.165) is 51.7 Å². The summed E-state index contributed by atoms with van der Waals surface area (Å²) in [7, 11) is 0. The summed E-state index contributed by atoms with van der Waals surface area (Å²) in [4.78, 5) is 30.0. The molecule has 154 valence electrons. The maximum atomic E-state index is 13.2. The number of hydrogen-bond acceptors (Lipinski definition) is 3. The average molecular weight is 386 g/mol. The second-order valence-corrected chi connectivity index (χ2v) is 8.49. The number of fused-ring (bicyclic) bond motifs is 1. The predicted molar refractivity (Wildman–Crippen MR) is 112 cm³/mol. The lowest BCUT2D eigenvalue weighted by Crippen LogP contribution is -2.53. The number of likely N-dealkylation sites (tertiary alicyclic amines) is 1. The minimum atomic E-state index is -0.144. The van der Waals surface area contributed by atoms with Crippen molar-refractivity contribution in [3.8, 4) is 0 Å². The molecule has 5 heteroatoms. The van der Waals surface area contributed by atoms with E-state index >= 15 is 0 Å². The third-order valence-corrected chi connectivity index (χ3v) is 6.28. The molecule has 28 heavy (non-hydrogen) atoms. The van der Waals surface area contributed by atoms with Crippen LogP contribution in [0, 0.1) is 5.92 Å². The van der Waals surface area contributed by atoms with Gasteiger partial charge in [0.15, 0.2) is 0 Å². The van der Waals surface area contributed by atoms with Crippen molar-refractivity contribution in [2.45, 2.75) is 71.5 Å². The standard InChI is InChI=1S/C23H35N3O2/c1-4-8-17(2)24-22(27)21-11-7-13-26(16-21)23(28)18(3)25-14-12-19-9-5-6-10-20(19)15-25/h5-6,9-10,17-18,21H,4,7-8,11-16H2,1-3H3,(H,24,27). The van der Waals surface area contributed by atoms with E-state index in [1.54, 1.807) is 0 Å². The Balaban J connectivity index is 1.57. The zero-order valence-electron chi connectivity index (χ0n) is 17.6. The lowest BCUT2D eigenvalue weighted by molar-refractivity contribution is -0.140. The first-order valence-electron chi connectivity index (χ1n) is 10.9. The highest BCUT2D eigenvalue weighted by Gasteiger charge is 2.33. The fourth-order valence-electron chi connectivity index (χ4n) is 4.53. The molecule has 5 nitrogen and oxygen atoms in total. The van der Waals surface area contributed by atoms with Crippen LogP contribution in [0.1, 0.15) is 57.6 Å². The maximum absolute atomic E-state index is 13.2. The van der Waals surface area contributed by atoms with Crippen molar-refractivity contribution in [1.29, 1.82) is 0 Å². The van der Waals surface area contributed by atoms with E-state index in [1.807, 2.05) is 11.8 Å². The zero-order chi connectivity index (χ0) is 20.1. The van der Waals surface area contributed by atoms with Gasteiger partial charge < -0.3 is 10.2 Å². The van der Waals surface area contributed by atoms with Crippen molar-refractivity contribution in [2.75, 3.05) is 19.6 Å². The Bertz CT molecular complexity index is 690. The van der Waals surface area contributed by atoms with Gasteiger partial charge in [-0.1, -0.05) is 37.6 Å². The summed E-state index contributed by atoms with van der Waals surface area (Å²) in [6, 6.07) is 8.57. The lowest BCUT2D eigenvalue weighted by Gasteiger charge is -2.38. The summed E-state index contributed by atoms with van der Waals surface area (Å²) in [5.41, 5.74) is 2.73. The van der Waals surface area contributed by atoms with E-state index in [1.165, 1.54) is 11.1 Å². The third kappa shape index (κ3) is 4.93. The molecule has 2 aliphatic rings. The first-order chi connectivity index (χ1) is 13.5. The van der Waals surface area contributed by atoms with Gasteiger partial charge in [-0.05, 0) is 50.7 Å². The molecule has 3 atom stereocenters. The number of nitrogens with zero attached hydrogens (tertiary/aromatic N) is 2. The second-order valence-electron chi connectivity index (χ2n) is 8.49. The molecule has 0 aromatic heterocycles. The highest BCUT2D eigenvalue weighted by molar-refractivity contribution is 5.84. The smallest absolute Gasteiger partial charge is 0.239 e. The summed E-state index contributed by atoms with van der Waals surface area (Å²) in [6.07, 6.45) is 4.83. The van der Waals surface area contributed by atoms with E-state index in [2.05, 4.69) is 48.3 Å². The van der Waals surface area contributed by atoms with E-state index in [4.69, 9.17) is 0 Å². The van der Waals surface area contributed by atoms with Crippen LogP contribution in [0.5, 0.6) is 0 Å². The van der Waals surface area contributed by atoms with Crippen LogP contribution in [0.2, 0.25) is 0 Å². The summed E-state index contributed by atoms with van der Waals surface area (Å²) < 4.78 is 0. The van der Waals surface area contributed by atoms with Crippen LogP contribution in [0.25, 0.3) is 0 Å². The van der Waals surface area contributed by atoms with Crippen LogP contribution in [0.15, 0.2) is 24.3 Å². The van der Waals surface area contributed by atoms with Gasteiger partial charge in [0.05, 0.1) is 12.0 Å². The molecule has 0 radical (unpaired) electrons. The quantitative estimate of drug-likeness (QED) is 0.819. The fraction of sp³-hybridized carbons (Fsp3) is 0.652. The number of nitrogens with one attached hydrogen (secondary N) is 1. The third-order valence-electron chi connectivity index (χ3n) is 6.28. The Kier molecular flexibility index (Phi) is 7.11. The number of piperidine rings is 1. The molecule has 1 N–H and O–H groups in total. The highest BCUT2D eigenvalue weighted by atomic mass is 16.2. The van der Waals surface area contributed by atoms with Crippen LogP contribution in [-0.4, -0.2) is 53.3 Å². The van der Waals surface area contributed by atoms with Crippen molar-refractivity contribution < 1.29 is 9.59 Å². The van der Waals surface area contributed by atoms with E-state index < -0.39 is 0 Å². The SMILES string of the molecule is CCCC(C)NC(=O)C1CCCN(C(=O)C(C)N2CCc3ccccc3C2)C1. The monoisotopic (exact) mass is 385 g/mol. The second kappa shape index (κ2) is 9.55. The van der Waals surface area contributed by atoms with Gasteiger partial charge in [-0.3, -0.25) is 14.5 Å². The van der Waals surface area contributed by atoms with Crippen molar-refractivity contribution in [1.82, 2.24) is 15.1 Å². The molecular weight excluding hydrogens is 350 g/mol. The topological polar surface area (TPSA) is 52.7 Å². The summed E-state index contributed by atoms with van der Waals surface area (Å²) in [5, 5.41) is 3.13. The molecule has 1 fully saturated rings. The van der Waals surface area contributed by atoms with Crippen molar-refractivity contribution in [3.63, 3.8) is 0 Å². The number of carbonyl (C=O) groups is 2. The molecule has 3 rings (SSSR count). The molecule has 1 aromatic carbocycles. The summed E-state index contributed by atoms with van der Waals surface area (Å²) in [5.74, 6) is 0.197. The fourth-order valence-corrected chi connectivity index (χ4v) is 4.53. The Morgan fingerprint density at radius 1 is 1.18 bits per heavy atom. The minimum absolute atomic E-state index is 0.0775.